The molecule has 0 saturated carbocycles. The largest absolute Gasteiger partial charge is 0.499 e. The molecule has 104 valence electrons. The van der Waals surface area contributed by atoms with Crippen molar-refractivity contribution in [3.63, 3.8) is 0 Å². The molecule has 0 unspecified atom stereocenters. The van der Waals surface area contributed by atoms with E-state index in [1.165, 1.54) is 0 Å². The Balaban J connectivity index is 2.53. The van der Waals surface area contributed by atoms with E-state index in [1.807, 2.05) is 13.0 Å². The second-order valence-electron chi connectivity index (χ2n) is 4.15. The van der Waals surface area contributed by atoms with Gasteiger partial charge in [0.05, 0.1) is 11.4 Å². The van der Waals surface area contributed by atoms with E-state index in [2.05, 4.69) is 9.98 Å². The third-order valence-electron chi connectivity index (χ3n) is 2.66. The van der Waals surface area contributed by atoms with Gasteiger partial charge in [-0.25, -0.2) is 0 Å². The summed E-state index contributed by atoms with van der Waals surface area (Å²) in [6, 6.07) is 5.22. The lowest BCUT2D eigenvalue weighted by atomic mass is 10.2. The van der Waals surface area contributed by atoms with Crippen LogP contribution >= 0.6 is 22.9 Å². The molecular weight excluding hydrogens is 300 g/mol. The SMILES string of the molecule is CC(=Nc1ccc(C)c(Cl)c1)c1c(O)sc(=O)[nH]c1=O. The van der Waals surface area contributed by atoms with Gasteiger partial charge in [0.1, 0.15) is 5.56 Å². The minimum Gasteiger partial charge on any atom is -0.499 e. The molecule has 5 nitrogen and oxygen atoms in total. The Morgan fingerprint density at radius 1 is 1.40 bits per heavy atom. The summed E-state index contributed by atoms with van der Waals surface area (Å²) in [6.07, 6.45) is 0. The third kappa shape index (κ3) is 2.97. The Morgan fingerprint density at radius 2 is 2.10 bits per heavy atom. The Kier molecular flexibility index (Phi) is 4.06. The maximum Gasteiger partial charge on any atom is 0.310 e. The van der Waals surface area contributed by atoms with Crippen LogP contribution in [0.5, 0.6) is 5.06 Å². The molecule has 20 heavy (non-hydrogen) atoms. The van der Waals surface area contributed by atoms with Crippen molar-refractivity contribution in [3.8, 4) is 5.06 Å². The van der Waals surface area contributed by atoms with E-state index in [0.29, 0.717) is 27.8 Å². The second-order valence-corrected chi connectivity index (χ2v) is 5.52. The van der Waals surface area contributed by atoms with Gasteiger partial charge in [0.25, 0.3) is 5.56 Å². The summed E-state index contributed by atoms with van der Waals surface area (Å²) in [6.45, 7) is 3.45. The van der Waals surface area contributed by atoms with E-state index in [1.54, 1.807) is 19.1 Å². The van der Waals surface area contributed by atoms with Crippen molar-refractivity contribution in [2.24, 2.45) is 4.99 Å². The normalized spacial score (nSPS) is 11.7. The fraction of sp³-hybridized carbons (Fsp3) is 0.154. The zero-order valence-electron chi connectivity index (χ0n) is 10.7. The zero-order chi connectivity index (χ0) is 14.9. The molecule has 2 rings (SSSR count). The van der Waals surface area contributed by atoms with Crippen molar-refractivity contribution in [2.45, 2.75) is 13.8 Å². The monoisotopic (exact) mass is 310 g/mol. The van der Waals surface area contributed by atoms with Crippen LogP contribution in [0.4, 0.5) is 5.69 Å². The molecule has 0 amide bonds. The molecule has 7 heteroatoms. The van der Waals surface area contributed by atoms with Gasteiger partial charge in [-0.15, -0.1) is 0 Å². The molecular formula is C13H11ClN2O3S. The summed E-state index contributed by atoms with van der Waals surface area (Å²) in [5.41, 5.74) is 1.12. The molecule has 1 heterocycles. The lowest BCUT2D eigenvalue weighted by Crippen LogP contribution is -2.22. The molecule has 1 aromatic heterocycles. The maximum absolute atomic E-state index is 11.7. The maximum atomic E-state index is 11.7. The zero-order valence-corrected chi connectivity index (χ0v) is 12.3. The van der Waals surface area contributed by atoms with Gasteiger partial charge in [0.2, 0.25) is 0 Å². The Labute approximate surface area is 123 Å². The topological polar surface area (TPSA) is 82.5 Å². The van der Waals surface area contributed by atoms with E-state index >= 15 is 0 Å². The first kappa shape index (κ1) is 14.5. The molecule has 0 aliphatic carbocycles. The van der Waals surface area contributed by atoms with Crippen LogP contribution in [0.1, 0.15) is 18.1 Å². The van der Waals surface area contributed by atoms with Crippen molar-refractivity contribution in [1.82, 2.24) is 4.98 Å². The van der Waals surface area contributed by atoms with Gasteiger partial charge >= 0.3 is 4.87 Å². The van der Waals surface area contributed by atoms with Crippen LogP contribution in [-0.2, 0) is 0 Å². The predicted molar refractivity (Wildman–Crippen MR) is 80.9 cm³/mol. The van der Waals surface area contributed by atoms with Gasteiger partial charge in [-0.3, -0.25) is 19.6 Å². The number of aromatic amines is 1. The number of hydrogen-bond donors (Lipinski definition) is 2. The molecule has 0 spiro atoms. The molecule has 2 N–H and O–H groups in total. The molecule has 2 aromatic rings. The molecule has 1 aromatic carbocycles. The molecule has 0 aliphatic rings. The fourth-order valence-electron chi connectivity index (χ4n) is 1.64. The van der Waals surface area contributed by atoms with Crippen LogP contribution in [0, 0.1) is 6.92 Å². The van der Waals surface area contributed by atoms with Crippen LogP contribution < -0.4 is 10.4 Å². The van der Waals surface area contributed by atoms with Crippen molar-refractivity contribution in [2.75, 3.05) is 0 Å². The quantitative estimate of drug-likeness (QED) is 0.836. The van der Waals surface area contributed by atoms with Gasteiger partial charge in [-0.1, -0.05) is 17.7 Å². The average molecular weight is 311 g/mol. The molecule has 0 aliphatic heterocycles. The number of hydrogen-bond acceptors (Lipinski definition) is 5. The van der Waals surface area contributed by atoms with Crippen LogP contribution in [0.25, 0.3) is 0 Å². The van der Waals surface area contributed by atoms with E-state index in [0.717, 1.165) is 5.56 Å². The molecule has 0 radical (unpaired) electrons. The lowest BCUT2D eigenvalue weighted by molar-refractivity contribution is 0.487. The summed E-state index contributed by atoms with van der Waals surface area (Å²) in [5, 5.41) is 9.93. The number of aromatic hydroxyl groups is 1. The summed E-state index contributed by atoms with van der Waals surface area (Å²) >= 11 is 6.56. The van der Waals surface area contributed by atoms with Crippen molar-refractivity contribution in [1.29, 1.82) is 0 Å². The van der Waals surface area contributed by atoms with Crippen LogP contribution in [0.2, 0.25) is 5.02 Å². The molecule has 0 atom stereocenters. The first-order valence-corrected chi connectivity index (χ1v) is 6.86. The van der Waals surface area contributed by atoms with Crippen LogP contribution in [0.3, 0.4) is 0 Å². The Morgan fingerprint density at radius 3 is 2.70 bits per heavy atom. The number of rotatable bonds is 2. The van der Waals surface area contributed by atoms with Crippen molar-refractivity contribution in [3.05, 3.63) is 54.4 Å². The smallest absolute Gasteiger partial charge is 0.310 e. The Bertz CT molecular complexity index is 808. The molecule has 0 fully saturated rings. The number of halogens is 1. The highest BCUT2D eigenvalue weighted by atomic mass is 35.5. The highest BCUT2D eigenvalue weighted by Gasteiger charge is 2.12. The minimum atomic E-state index is -0.661. The van der Waals surface area contributed by atoms with Gasteiger partial charge < -0.3 is 5.11 Å². The number of aryl methyl sites for hydroxylation is 1. The molecule has 0 saturated heterocycles. The van der Waals surface area contributed by atoms with Crippen molar-refractivity contribution < 1.29 is 5.11 Å². The predicted octanol–water partition coefficient (Wildman–Crippen LogP) is 2.60. The van der Waals surface area contributed by atoms with E-state index in [-0.39, 0.29) is 10.6 Å². The second kappa shape index (κ2) is 5.60. The molecule has 0 bridgehead atoms. The number of H-pyrrole nitrogens is 1. The highest BCUT2D eigenvalue weighted by Crippen LogP contribution is 2.24. The highest BCUT2D eigenvalue weighted by molar-refractivity contribution is 7.11. The van der Waals surface area contributed by atoms with Gasteiger partial charge in [0.15, 0.2) is 5.06 Å². The first-order chi connectivity index (χ1) is 9.38. The van der Waals surface area contributed by atoms with Gasteiger partial charge in [-0.2, -0.15) is 0 Å². The Hall–Kier alpha value is -1.92. The van der Waals surface area contributed by atoms with Gasteiger partial charge in [0, 0.05) is 5.02 Å². The number of benzene rings is 1. The number of aromatic nitrogens is 1. The average Bonchev–Trinajstić information content (AvgIpc) is 2.32. The van der Waals surface area contributed by atoms with Crippen LogP contribution in [-0.4, -0.2) is 15.8 Å². The van der Waals surface area contributed by atoms with Crippen molar-refractivity contribution >= 4 is 34.3 Å². The summed E-state index contributed by atoms with van der Waals surface area (Å²) in [7, 11) is 0. The number of nitrogens with zero attached hydrogens (tertiary/aromatic N) is 1. The fourth-order valence-corrected chi connectivity index (χ4v) is 2.47. The van der Waals surface area contributed by atoms with E-state index < -0.39 is 10.4 Å². The van der Waals surface area contributed by atoms with Crippen LogP contribution in [0.15, 0.2) is 32.8 Å². The standard InChI is InChI=1S/C13H11ClN2O3S/c1-6-3-4-8(5-9(6)14)15-7(2)10-11(17)16-13(19)20-12(10)18/h3-5,18H,1-2H3,(H,16,17,19). The first-order valence-electron chi connectivity index (χ1n) is 5.66. The third-order valence-corrected chi connectivity index (χ3v) is 3.75. The van der Waals surface area contributed by atoms with E-state index in [4.69, 9.17) is 11.6 Å². The summed E-state index contributed by atoms with van der Waals surface area (Å²) < 4.78 is 0. The lowest BCUT2D eigenvalue weighted by Gasteiger charge is -2.03. The van der Waals surface area contributed by atoms with E-state index in [9.17, 15) is 14.7 Å². The minimum absolute atomic E-state index is 0.00806. The summed E-state index contributed by atoms with van der Waals surface area (Å²) in [5.74, 6) is 0. The number of nitrogens with one attached hydrogen (secondary N) is 1. The summed E-state index contributed by atoms with van der Waals surface area (Å²) in [4.78, 5) is 28.5. The number of aliphatic imine (C=N–C) groups is 1. The van der Waals surface area contributed by atoms with Gasteiger partial charge in [-0.05, 0) is 42.9 Å².